The third-order valence-electron chi connectivity index (χ3n) is 3.30. The summed E-state index contributed by atoms with van der Waals surface area (Å²) in [5, 5.41) is 12.2. The minimum absolute atomic E-state index is 0.490. The molecule has 1 aliphatic carbocycles. The molecule has 18 heavy (non-hydrogen) atoms. The van der Waals surface area contributed by atoms with Crippen LogP contribution in [0.4, 0.5) is 0 Å². The summed E-state index contributed by atoms with van der Waals surface area (Å²) in [5.41, 5.74) is 2.29. The largest absolute Gasteiger partial charge is 0.478 e. The van der Waals surface area contributed by atoms with E-state index in [1.165, 1.54) is 11.6 Å². The maximum Gasteiger partial charge on any atom is 0.328 e. The van der Waals surface area contributed by atoms with Crippen molar-refractivity contribution in [1.82, 2.24) is 10.3 Å². The lowest BCUT2D eigenvalue weighted by Gasteiger charge is -2.24. The number of aliphatic carboxylic acids is 1. The van der Waals surface area contributed by atoms with Gasteiger partial charge in [0.25, 0.3) is 0 Å². The zero-order chi connectivity index (χ0) is 12.8. The Balaban J connectivity index is 1.76. The fourth-order valence-corrected chi connectivity index (χ4v) is 2.27. The second-order valence-electron chi connectivity index (χ2n) is 4.65. The van der Waals surface area contributed by atoms with Crippen LogP contribution in [0.3, 0.4) is 0 Å². The van der Waals surface area contributed by atoms with Crippen LogP contribution in [0.5, 0.6) is 0 Å². The number of allylic oxidation sites excluding steroid dienone is 1. The van der Waals surface area contributed by atoms with Gasteiger partial charge in [-0.05, 0) is 43.4 Å². The van der Waals surface area contributed by atoms with E-state index in [0.29, 0.717) is 6.04 Å². The molecular formula is C14H18N2O2. The van der Waals surface area contributed by atoms with Crippen molar-refractivity contribution in [3.63, 3.8) is 0 Å². The molecule has 0 bridgehead atoms. The van der Waals surface area contributed by atoms with E-state index >= 15 is 0 Å². The van der Waals surface area contributed by atoms with Gasteiger partial charge in [0.05, 0.1) is 0 Å². The lowest BCUT2D eigenvalue weighted by atomic mass is 9.90. The third-order valence-corrected chi connectivity index (χ3v) is 3.30. The van der Waals surface area contributed by atoms with Crippen LogP contribution in [0.2, 0.25) is 0 Å². The van der Waals surface area contributed by atoms with Crippen molar-refractivity contribution >= 4 is 5.97 Å². The molecule has 1 heterocycles. The molecular weight excluding hydrogens is 228 g/mol. The number of nitrogens with zero attached hydrogens (tertiary/aromatic N) is 1. The summed E-state index contributed by atoms with van der Waals surface area (Å²) in [6, 6.07) is 4.50. The van der Waals surface area contributed by atoms with Crippen LogP contribution in [-0.2, 0) is 11.3 Å². The van der Waals surface area contributed by atoms with E-state index in [1.54, 1.807) is 12.4 Å². The molecule has 1 aromatic rings. The highest BCUT2D eigenvalue weighted by atomic mass is 16.4. The Morgan fingerprint density at radius 1 is 1.39 bits per heavy atom. The minimum Gasteiger partial charge on any atom is -0.478 e. The topological polar surface area (TPSA) is 62.2 Å². The number of rotatable bonds is 4. The summed E-state index contributed by atoms with van der Waals surface area (Å²) in [7, 11) is 0. The van der Waals surface area contributed by atoms with Crippen LogP contribution in [0, 0.1) is 0 Å². The van der Waals surface area contributed by atoms with Crippen molar-refractivity contribution in [2.75, 3.05) is 0 Å². The van der Waals surface area contributed by atoms with Crippen LogP contribution in [0.15, 0.2) is 36.2 Å². The molecule has 0 atom stereocenters. The minimum atomic E-state index is -0.826. The van der Waals surface area contributed by atoms with E-state index in [1.807, 2.05) is 12.1 Å². The molecule has 1 fully saturated rings. The fraction of sp³-hybridized carbons (Fsp3) is 0.429. The number of carbonyl (C=O) groups is 1. The van der Waals surface area contributed by atoms with Crippen LogP contribution in [0.1, 0.15) is 31.2 Å². The SMILES string of the molecule is O=C(O)C=C1CCC(NCc2ccncc2)CC1. The highest BCUT2D eigenvalue weighted by Gasteiger charge is 2.16. The van der Waals surface area contributed by atoms with Crippen molar-refractivity contribution in [1.29, 1.82) is 0 Å². The van der Waals surface area contributed by atoms with Crippen molar-refractivity contribution in [2.45, 2.75) is 38.3 Å². The monoisotopic (exact) mass is 246 g/mol. The summed E-state index contributed by atoms with van der Waals surface area (Å²) in [4.78, 5) is 14.5. The predicted octanol–water partition coefficient (Wildman–Crippen LogP) is 2.12. The van der Waals surface area contributed by atoms with Gasteiger partial charge in [-0.1, -0.05) is 5.57 Å². The van der Waals surface area contributed by atoms with Crippen LogP contribution in [-0.4, -0.2) is 22.1 Å². The van der Waals surface area contributed by atoms with Gasteiger partial charge < -0.3 is 10.4 Å². The third kappa shape index (κ3) is 3.96. The fourth-order valence-electron chi connectivity index (χ4n) is 2.27. The summed E-state index contributed by atoms with van der Waals surface area (Å²) in [6.07, 6.45) is 8.77. The van der Waals surface area contributed by atoms with Crippen LogP contribution >= 0.6 is 0 Å². The average Bonchev–Trinajstić information content (AvgIpc) is 2.38. The molecule has 0 amide bonds. The van der Waals surface area contributed by atoms with E-state index in [-0.39, 0.29) is 0 Å². The smallest absolute Gasteiger partial charge is 0.328 e. The molecule has 4 heteroatoms. The maximum atomic E-state index is 10.6. The van der Waals surface area contributed by atoms with Gasteiger partial charge in [0.1, 0.15) is 0 Å². The van der Waals surface area contributed by atoms with Gasteiger partial charge in [0.2, 0.25) is 0 Å². The van der Waals surface area contributed by atoms with Gasteiger partial charge in [-0.2, -0.15) is 0 Å². The van der Waals surface area contributed by atoms with Crippen molar-refractivity contribution in [3.05, 3.63) is 41.7 Å². The molecule has 0 saturated heterocycles. The summed E-state index contributed by atoms with van der Waals surface area (Å²) in [6.45, 7) is 0.852. The van der Waals surface area contributed by atoms with Crippen LogP contribution < -0.4 is 5.32 Å². The first-order valence-electron chi connectivity index (χ1n) is 6.28. The molecule has 1 aliphatic rings. The highest BCUT2D eigenvalue weighted by Crippen LogP contribution is 2.23. The van der Waals surface area contributed by atoms with E-state index in [0.717, 1.165) is 37.8 Å². The molecule has 1 saturated carbocycles. The number of aromatic nitrogens is 1. The van der Waals surface area contributed by atoms with E-state index in [4.69, 9.17) is 5.11 Å². The van der Waals surface area contributed by atoms with Gasteiger partial charge in [-0.3, -0.25) is 4.98 Å². The van der Waals surface area contributed by atoms with Crippen LogP contribution in [0.25, 0.3) is 0 Å². The molecule has 0 radical (unpaired) electrons. The Hall–Kier alpha value is -1.68. The second-order valence-corrected chi connectivity index (χ2v) is 4.65. The molecule has 0 spiro atoms. The molecule has 0 unspecified atom stereocenters. The number of carboxylic acid groups (broad SMARTS) is 1. The Bertz CT molecular complexity index is 419. The summed E-state index contributed by atoms with van der Waals surface area (Å²) in [5.74, 6) is -0.826. The first-order chi connectivity index (χ1) is 8.74. The molecule has 96 valence electrons. The van der Waals surface area contributed by atoms with E-state index < -0.39 is 5.97 Å². The van der Waals surface area contributed by atoms with Gasteiger partial charge in [-0.15, -0.1) is 0 Å². The maximum absolute atomic E-state index is 10.6. The molecule has 0 aliphatic heterocycles. The van der Waals surface area contributed by atoms with Crippen molar-refractivity contribution in [2.24, 2.45) is 0 Å². The van der Waals surface area contributed by atoms with Gasteiger partial charge in [0, 0.05) is 31.1 Å². The Morgan fingerprint density at radius 2 is 2.06 bits per heavy atom. The number of nitrogens with one attached hydrogen (secondary N) is 1. The number of carboxylic acids is 1. The molecule has 2 rings (SSSR count). The standard InChI is InChI=1S/C14H18N2O2/c17-14(18)9-11-1-3-13(4-2-11)16-10-12-5-7-15-8-6-12/h5-9,13,16H,1-4,10H2,(H,17,18). The van der Waals surface area contributed by atoms with Gasteiger partial charge in [0.15, 0.2) is 0 Å². The average molecular weight is 246 g/mol. The predicted molar refractivity (Wildman–Crippen MR) is 69.1 cm³/mol. The molecule has 4 nitrogen and oxygen atoms in total. The van der Waals surface area contributed by atoms with Gasteiger partial charge in [-0.25, -0.2) is 4.79 Å². The van der Waals surface area contributed by atoms with E-state index in [2.05, 4.69) is 10.3 Å². The summed E-state index contributed by atoms with van der Waals surface area (Å²) < 4.78 is 0. The van der Waals surface area contributed by atoms with E-state index in [9.17, 15) is 4.79 Å². The second kappa shape index (κ2) is 6.31. The molecule has 1 aromatic heterocycles. The molecule has 0 aromatic carbocycles. The Labute approximate surface area is 107 Å². The lowest BCUT2D eigenvalue weighted by Crippen LogP contribution is -2.31. The highest BCUT2D eigenvalue weighted by molar-refractivity contribution is 5.80. The Kier molecular flexibility index (Phi) is 4.47. The molecule has 2 N–H and O–H groups in total. The van der Waals surface area contributed by atoms with Crippen molar-refractivity contribution < 1.29 is 9.90 Å². The Morgan fingerprint density at radius 3 is 2.67 bits per heavy atom. The first-order valence-corrected chi connectivity index (χ1v) is 6.28. The zero-order valence-corrected chi connectivity index (χ0v) is 10.3. The number of hydrogen-bond donors (Lipinski definition) is 2. The normalized spacial score (nSPS) is 19.6. The summed E-state index contributed by atoms with van der Waals surface area (Å²) >= 11 is 0. The number of hydrogen-bond acceptors (Lipinski definition) is 3. The van der Waals surface area contributed by atoms with Crippen molar-refractivity contribution in [3.8, 4) is 0 Å². The first kappa shape index (κ1) is 12.8. The van der Waals surface area contributed by atoms with Gasteiger partial charge >= 0.3 is 5.97 Å². The number of pyridine rings is 1. The zero-order valence-electron chi connectivity index (χ0n) is 10.3. The quantitative estimate of drug-likeness (QED) is 0.799. The lowest BCUT2D eigenvalue weighted by molar-refractivity contribution is -0.131.